The van der Waals surface area contributed by atoms with Gasteiger partial charge in [-0.3, -0.25) is 0 Å². The highest BCUT2D eigenvalue weighted by Crippen LogP contribution is 2.25. The number of benzene rings is 1. The van der Waals surface area contributed by atoms with Crippen LogP contribution in [0, 0.1) is 0 Å². The van der Waals surface area contributed by atoms with Gasteiger partial charge in [0.1, 0.15) is 12.4 Å². The van der Waals surface area contributed by atoms with Gasteiger partial charge in [0.25, 0.3) is 0 Å². The zero-order valence-corrected chi connectivity index (χ0v) is 7.95. The summed E-state index contributed by atoms with van der Waals surface area (Å²) >= 11 is 5.78. The molecule has 0 bridgehead atoms. The molecule has 0 atom stereocenters. The third-order valence-electron chi connectivity index (χ3n) is 1.40. The molecule has 0 fully saturated rings. The van der Waals surface area contributed by atoms with E-state index in [9.17, 15) is 5.11 Å². The number of phenolic OH excluding ortho intramolecular Hbond substituents is 1. The second-order valence-electron chi connectivity index (χ2n) is 2.33. The molecule has 0 heterocycles. The van der Waals surface area contributed by atoms with Crippen LogP contribution in [0.25, 0.3) is 0 Å². The van der Waals surface area contributed by atoms with E-state index in [0.29, 0.717) is 12.2 Å². The van der Waals surface area contributed by atoms with Gasteiger partial charge in [-0.25, -0.2) is 0 Å². The zero-order valence-electron chi connectivity index (χ0n) is 7.20. The molecule has 0 saturated carbocycles. The lowest BCUT2D eigenvalue weighted by molar-refractivity contribution is 0.160. The van der Waals surface area contributed by atoms with Crippen molar-refractivity contribution in [3.63, 3.8) is 0 Å². The molecule has 1 aromatic rings. The number of rotatable bonds is 3. The topological polar surface area (TPSA) is 41.8 Å². The van der Waals surface area contributed by atoms with E-state index in [2.05, 4.69) is 5.16 Å². The largest absolute Gasteiger partial charge is 0.506 e. The summed E-state index contributed by atoms with van der Waals surface area (Å²) in [5.41, 5.74) is 0.634. The summed E-state index contributed by atoms with van der Waals surface area (Å²) in [6.45, 7) is 2.34. The fraction of sp³-hybridized carbons (Fsp3) is 0.222. The Labute approximate surface area is 81.6 Å². The first-order valence-electron chi connectivity index (χ1n) is 3.88. The van der Waals surface area contributed by atoms with Crippen molar-refractivity contribution < 1.29 is 9.94 Å². The van der Waals surface area contributed by atoms with E-state index < -0.39 is 0 Å². The average molecular weight is 200 g/mol. The van der Waals surface area contributed by atoms with Gasteiger partial charge >= 0.3 is 0 Å². The Morgan fingerprint density at radius 3 is 3.08 bits per heavy atom. The van der Waals surface area contributed by atoms with Gasteiger partial charge in [0, 0.05) is 5.56 Å². The molecule has 0 unspecified atom stereocenters. The van der Waals surface area contributed by atoms with E-state index in [-0.39, 0.29) is 10.8 Å². The van der Waals surface area contributed by atoms with Crippen LogP contribution in [0.3, 0.4) is 0 Å². The Balaban J connectivity index is 2.83. The smallest absolute Gasteiger partial charge is 0.134 e. The van der Waals surface area contributed by atoms with Gasteiger partial charge < -0.3 is 9.94 Å². The molecule has 4 heteroatoms. The quantitative estimate of drug-likeness (QED) is 0.600. The fourth-order valence-electron chi connectivity index (χ4n) is 0.805. The summed E-state index contributed by atoms with van der Waals surface area (Å²) in [5, 5.41) is 13.1. The first kappa shape index (κ1) is 9.86. The van der Waals surface area contributed by atoms with Crippen LogP contribution in [-0.2, 0) is 4.84 Å². The van der Waals surface area contributed by atoms with Crippen LogP contribution in [0.15, 0.2) is 23.4 Å². The number of oxime groups is 1. The summed E-state index contributed by atoms with van der Waals surface area (Å²) in [6, 6.07) is 4.94. The highest BCUT2D eigenvalue weighted by Gasteiger charge is 2.01. The second-order valence-corrected chi connectivity index (χ2v) is 2.71. The molecular formula is C9H10ClNO2. The van der Waals surface area contributed by atoms with Gasteiger partial charge in [0.15, 0.2) is 0 Å². The van der Waals surface area contributed by atoms with Crippen LogP contribution < -0.4 is 0 Å². The maximum absolute atomic E-state index is 9.22. The van der Waals surface area contributed by atoms with Crippen molar-refractivity contribution in [1.29, 1.82) is 0 Å². The average Bonchev–Trinajstić information content (AvgIpc) is 2.13. The first-order chi connectivity index (χ1) is 6.25. The highest BCUT2D eigenvalue weighted by molar-refractivity contribution is 6.34. The molecule has 0 radical (unpaired) electrons. The maximum Gasteiger partial charge on any atom is 0.134 e. The molecule has 3 nitrogen and oxygen atoms in total. The van der Waals surface area contributed by atoms with Crippen molar-refractivity contribution in [3.8, 4) is 5.75 Å². The standard InChI is InChI=1S/C9H10ClNO2/c1-2-13-11-6-7-4-3-5-8(12)9(7)10/h3-6,12H,2H2,1H3/b11-6+. The molecule has 1 rings (SSSR count). The fourth-order valence-corrected chi connectivity index (χ4v) is 0.980. The number of aromatic hydroxyl groups is 1. The second kappa shape index (κ2) is 4.72. The Bertz CT molecular complexity index is 312. The van der Waals surface area contributed by atoms with Gasteiger partial charge in [-0.2, -0.15) is 0 Å². The molecule has 0 amide bonds. The Hall–Kier alpha value is -1.22. The SMILES string of the molecule is CCO/N=C/c1cccc(O)c1Cl. The predicted octanol–water partition coefficient (Wildman–Crippen LogP) is 2.42. The Morgan fingerprint density at radius 1 is 1.62 bits per heavy atom. The number of hydrogen-bond acceptors (Lipinski definition) is 3. The van der Waals surface area contributed by atoms with E-state index in [0.717, 1.165) is 0 Å². The van der Waals surface area contributed by atoms with Crippen LogP contribution >= 0.6 is 11.6 Å². The van der Waals surface area contributed by atoms with E-state index in [1.165, 1.54) is 12.3 Å². The van der Waals surface area contributed by atoms with E-state index >= 15 is 0 Å². The van der Waals surface area contributed by atoms with Crippen molar-refractivity contribution in [2.75, 3.05) is 6.61 Å². The van der Waals surface area contributed by atoms with Crippen LogP contribution in [0.2, 0.25) is 5.02 Å². The zero-order chi connectivity index (χ0) is 9.68. The van der Waals surface area contributed by atoms with Gasteiger partial charge in [-0.1, -0.05) is 28.9 Å². The Morgan fingerprint density at radius 2 is 2.38 bits per heavy atom. The van der Waals surface area contributed by atoms with E-state index in [1.807, 2.05) is 6.92 Å². The van der Waals surface area contributed by atoms with Crippen LogP contribution in [-0.4, -0.2) is 17.9 Å². The van der Waals surface area contributed by atoms with Gasteiger partial charge in [-0.15, -0.1) is 0 Å². The molecule has 0 aromatic heterocycles. The number of hydrogen-bond donors (Lipinski definition) is 1. The minimum atomic E-state index is 0.0436. The monoisotopic (exact) mass is 199 g/mol. The molecule has 0 aliphatic carbocycles. The maximum atomic E-state index is 9.22. The summed E-state index contributed by atoms with van der Waals surface area (Å²) < 4.78 is 0. The van der Waals surface area contributed by atoms with Gasteiger partial charge in [0.05, 0.1) is 11.2 Å². The lowest BCUT2D eigenvalue weighted by Gasteiger charge is -1.99. The minimum Gasteiger partial charge on any atom is -0.506 e. The summed E-state index contributed by atoms with van der Waals surface area (Å²) in [5.74, 6) is 0.0436. The normalized spacial score (nSPS) is 10.6. The van der Waals surface area contributed by atoms with Crippen molar-refractivity contribution in [1.82, 2.24) is 0 Å². The lowest BCUT2D eigenvalue weighted by atomic mass is 10.2. The predicted molar refractivity (Wildman–Crippen MR) is 52.3 cm³/mol. The molecule has 13 heavy (non-hydrogen) atoms. The third-order valence-corrected chi connectivity index (χ3v) is 1.82. The summed E-state index contributed by atoms with van der Waals surface area (Å²) in [6.07, 6.45) is 1.46. The summed E-state index contributed by atoms with van der Waals surface area (Å²) in [7, 11) is 0. The van der Waals surface area contributed by atoms with Gasteiger partial charge in [-0.05, 0) is 13.0 Å². The lowest BCUT2D eigenvalue weighted by Crippen LogP contribution is -1.85. The molecule has 0 aliphatic heterocycles. The number of phenols is 1. The first-order valence-corrected chi connectivity index (χ1v) is 4.26. The van der Waals surface area contributed by atoms with Crippen molar-refractivity contribution in [2.45, 2.75) is 6.92 Å². The highest BCUT2D eigenvalue weighted by atomic mass is 35.5. The van der Waals surface area contributed by atoms with Crippen LogP contribution in [0.1, 0.15) is 12.5 Å². The Kier molecular flexibility index (Phi) is 3.58. The van der Waals surface area contributed by atoms with E-state index in [4.69, 9.17) is 16.4 Å². The molecule has 0 spiro atoms. The third kappa shape index (κ3) is 2.63. The molecule has 0 saturated heterocycles. The molecule has 70 valence electrons. The van der Waals surface area contributed by atoms with Crippen LogP contribution in [0.4, 0.5) is 0 Å². The molecule has 1 aromatic carbocycles. The molecule has 0 aliphatic rings. The van der Waals surface area contributed by atoms with Crippen molar-refractivity contribution in [3.05, 3.63) is 28.8 Å². The number of halogens is 1. The summed E-state index contributed by atoms with van der Waals surface area (Å²) in [4.78, 5) is 4.76. The van der Waals surface area contributed by atoms with Crippen LogP contribution in [0.5, 0.6) is 5.75 Å². The molecular weight excluding hydrogens is 190 g/mol. The van der Waals surface area contributed by atoms with Crippen molar-refractivity contribution in [2.24, 2.45) is 5.16 Å². The van der Waals surface area contributed by atoms with Crippen molar-refractivity contribution >= 4 is 17.8 Å². The van der Waals surface area contributed by atoms with E-state index in [1.54, 1.807) is 12.1 Å². The number of nitrogens with zero attached hydrogens (tertiary/aromatic N) is 1. The minimum absolute atomic E-state index is 0.0436. The molecule has 1 N–H and O–H groups in total. The van der Waals surface area contributed by atoms with Gasteiger partial charge in [0.2, 0.25) is 0 Å².